The number of fused-ring (bicyclic) bond motifs is 1. The molecule has 0 saturated carbocycles. The number of rotatable bonds is 5. The maximum absolute atomic E-state index is 13.0. The molecule has 2 aliphatic heterocycles. The van der Waals surface area contributed by atoms with Crippen LogP contribution >= 0.6 is 0 Å². The average molecular weight is 400 g/mol. The molecule has 28 heavy (non-hydrogen) atoms. The molecule has 2 heterocycles. The predicted octanol–water partition coefficient (Wildman–Crippen LogP) is 2.12. The van der Waals surface area contributed by atoms with Crippen LogP contribution in [-0.2, 0) is 27.7 Å². The van der Waals surface area contributed by atoms with Crippen LogP contribution in [0.5, 0.6) is 0 Å². The minimum atomic E-state index is -3.51. The molecule has 0 unspecified atom stereocenters. The first kappa shape index (κ1) is 19.1. The van der Waals surface area contributed by atoms with Gasteiger partial charge in [0.15, 0.2) is 0 Å². The van der Waals surface area contributed by atoms with Gasteiger partial charge in [-0.1, -0.05) is 30.3 Å². The molecule has 0 atom stereocenters. The van der Waals surface area contributed by atoms with E-state index in [4.69, 9.17) is 0 Å². The van der Waals surface area contributed by atoms with Crippen molar-refractivity contribution in [1.82, 2.24) is 9.21 Å². The van der Waals surface area contributed by atoms with Crippen molar-refractivity contribution in [1.29, 1.82) is 0 Å². The van der Waals surface area contributed by atoms with E-state index in [1.165, 1.54) is 5.56 Å². The van der Waals surface area contributed by atoms with Crippen molar-refractivity contribution < 1.29 is 13.2 Å². The Morgan fingerprint density at radius 3 is 2.43 bits per heavy atom. The molecule has 7 heteroatoms. The Bertz CT molecular complexity index is 952. The summed E-state index contributed by atoms with van der Waals surface area (Å²) >= 11 is 0. The summed E-state index contributed by atoms with van der Waals surface area (Å²) in [5, 5.41) is 2.80. The zero-order chi connectivity index (χ0) is 19.6. The van der Waals surface area contributed by atoms with Gasteiger partial charge in [0.05, 0.1) is 4.90 Å². The van der Waals surface area contributed by atoms with E-state index < -0.39 is 10.0 Å². The maximum Gasteiger partial charge on any atom is 0.243 e. The number of carbonyl (C=O) groups excluding carboxylic acids is 1. The van der Waals surface area contributed by atoms with Crippen LogP contribution < -0.4 is 5.32 Å². The molecule has 2 aromatic rings. The third-order valence-corrected chi connectivity index (χ3v) is 7.40. The number of nitrogens with zero attached hydrogens (tertiary/aromatic N) is 2. The Morgan fingerprint density at radius 2 is 1.68 bits per heavy atom. The van der Waals surface area contributed by atoms with Gasteiger partial charge in [0.2, 0.25) is 15.9 Å². The highest BCUT2D eigenvalue weighted by atomic mass is 32.2. The Labute approximate surface area is 166 Å². The first-order valence-electron chi connectivity index (χ1n) is 9.71. The SMILES string of the molecule is O=C1CCc2cc(S(=O)(=O)N3CCN(CCc4ccccc4)CC3)ccc2N1. The van der Waals surface area contributed by atoms with Gasteiger partial charge in [-0.3, -0.25) is 4.79 Å². The highest BCUT2D eigenvalue weighted by molar-refractivity contribution is 7.89. The van der Waals surface area contributed by atoms with Crippen molar-refractivity contribution >= 4 is 21.6 Å². The highest BCUT2D eigenvalue weighted by Gasteiger charge is 2.29. The molecule has 0 spiro atoms. The summed E-state index contributed by atoms with van der Waals surface area (Å²) in [5.41, 5.74) is 2.92. The zero-order valence-corrected chi connectivity index (χ0v) is 16.6. The molecule has 1 N–H and O–H groups in total. The lowest BCUT2D eigenvalue weighted by molar-refractivity contribution is -0.116. The molecule has 1 amide bonds. The smallest absolute Gasteiger partial charge is 0.243 e. The first-order chi connectivity index (χ1) is 13.5. The molecule has 4 rings (SSSR count). The number of piperazine rings is 1. The number of hydrogen-bond acceptors (Lipinski definition) is 4. The second-order valence-electron chi connectivity index (χ2n) is 7.35. The van der Waals surface area contributed by atoms with Gasteiger partial charge in [-0.15, -0.1) is 0 Å². The van der Waals surface area contributed by atoms with E-state index in [1.807, 2.05) is 18.2 Å². The summed E-state index contributed by atoms with van der Waals surface area (Å²) in [6, 6.07) is 15.4. The molecule has 1 saturated heterocycles. The van der Waals surface area contributed by atoms with Crippen molar-refractivity contribution in [2.24, 2.45) is 0 Å². The number of carbonyl (C=O) groups is 1. The van der Waals surface area contributed by atoms with Gasteiger partial charge in [-0.05, 0) is 42.2 Å². The third-order valence-electron chi connectivity index (χ3n) is 5.50. The van der Waals surface area contributed by atoms with E-state index in [9.17, 15) is 13.2 Å². The van der Waals surface area contributed by atoms with E-state index in [2.05, 4.69) is 22.3 Å². The molecular formula is C21H25N3O3S. The standard InChI is InChI=1S/C21H25N3O3S/c25-21-9-6-18-16-19(7-8-20(18)22-21)28(26,27)24-14-12-23(13-15-24)11-10-17-4-2-1-3-5-17/h1-5,7-8,16H,6,9-15H2,(H,22,25). The summed E-state index contributed by atoms with van der Waals surface area (Å²) in [6.07, 6.45) is 1.96. The first-order valence-corrected chi connectivity index (χ1v) is 11.2. The topological polar surface area (TPSA) is 69.7 Å². The van der Waals surface area contributed by atoms with Crippen LogP contribution in [0.3, 0.4) is 0 Å². The van der Waals surface area contributed by atoms with E-state index >= 15 is 0 Å². The number of anilines is 1. The van der Waals surface area contributed by atoms with Crippen LogP contribution in [0.4, 0.5) is 5.69 Å². The van der Waals surface area contributed by atoms with Crippen molar-refractivity contribution in [3.63, 3.8) is 0 Å². The van der Waals surface area contributed by atoms with Gasteiger partial charge in [0.1, 0.15) is 0 Å². The fraction of sp³-hybridized carbons (Fsp3) is 0.381. The molecule has 0 aromatic heterocycles. The average Bonchev–Trinajstić information content (AvgIpc) is 2.73. The molecule has 148 valence electrons. The molecule has 0 bridgehead atoms. The van der Waals surface area contributed by atoms with Crippen LogP contribution in [0.1, 0.15) is 17.5 Å². The zero-order valence-electron chi connectivity index (χ0n) is 15.8. The summed E-state index contributed by atoms with van der Waals surface area (Å²) in [7, 11) is -3.51. The van der Waals surface area contributed by atoms with Crippen molar-refractivity contribution in [2.45, 2.75) is 24.2 Å². The second-order valence-corrected chi connectivity index (χ2v) is 9.29. The molecule has 2 aliphatic rings. The van der Waals surface area contributed by atoms with Crippen LogP contribution in [0, 0.1) is 0 Å². The fourth-order valence-electron chi connectivity index (χ4n) is 3.79. The van der Waals surface area contributed by atoms with Gasteiger partial charge in [0, 0.05) is 44.8 Å². The number of aryl methyl sites for hydroxylation is 1. The van der Waals surface area contributed by atoms with E-state index in [0.717, 1.165) is 37.3 Å². The Hall–Kier alpha value is -2.22. The maximum atomic E-state index is 13.0. The van der Waals surface area contributed by atoms with Gasteiger partial charge in [0.25, 0.3) is 0 Å². The molecule has 1 fully saturated rings. The van der Waals surface area contributed by atoms with Crippen LogP contribution in [0.2, 0.25) is 0 Å². The number of amides is 1. The Morgan fingerprint density at radius 1 is 0.929 bits per heavy atom. The normalized spacial score (nSPS) is 18.5. The molecule has 2 aromatic carbocycles. The molecular weight excluding hydrogens is 374 g/mol. The molecule has 0 radical (unpaired) electrons. The lowest BCUT2D eigenvalue weighted by Crippen LogP contribution is -2.49. The molecule has 0 aliphatic carbocycles. The minimum absolute atomic E-state index is 0.0188. The number of hydrogen-bond donors (Lipinski definition) is 1. The largest absolute Gasteiger partial charge is 0.326 e. The predicted molar refractivity (Wildman–Crippen MR) is 109 cm³/mol. The van der Waals surface area contributed by atoms with Crippen LogP contribution in [-0.4, -0.2) is 56.3 Å². The summed E-state index contributed by atoms with van der Waals surface area (Å²) in [4.78, 5) is 14.1. The Balaban J connectivity index is 1.38. The number of nitrogens with one attached hydrogen (secondary N) is 1. The minimum Gasteiger partial charge on any atom is -0.326 e. The van der Waals surface area contributed by atoms with Crippen molar-refractivity contribution in [3.8, 4) is 0 Å². The van der Waals surface area contributed by atoms with E-state index in [1.54, 1.807) is 22.5 Å². The third kappa shape index (κ3) is 4.11. The lowest BCUT2D eigenvalue weighted by Gasteiger charge is -2.34. The summed E-state index contributed by atoms with van der Waals surface area (Å²) in [6.45, 7) is 3.44. The van der Waals surface area contributed by atoms with Crippen molar-refractivity contribution in [3.05, 3.63) is 59.7 Å². The van der Waals surface area contributed by atoms with Gasteiger partial charge in [-0.25, -0.2) is 8.42 Å². The fourth-order valence-corrected chi connectivity index (χ4v) is 5.27. The molecule has 6 nitrogen and oxygen atoms in total. The van der Waals surface area contributed by atoms with Gasteiger partial charge >= 0.3 is 0 Å². The van der Waals surface area contributed by atoms with E-state index in [-0.39, 0.29) is 5.91 Å². The quantitative estimate of drug-likeness (QED) is 0.836. The second kappa shape index (κ2) is 8.03. The number of sulfonamides is 1. The monoisotopic (exact) mass is 399 g/mol. The summed E-state index contributed by atoms with van der Waals surface area (Å²) < 4.78 is 27.7. The lowest BCUT2D eigenvalue weighted by atomic mass is 10.0. The number of benzene rings is 2. The van der Waals surface area contributed by atoms with Crippen molar-refractivity contribution in [2.75, 3.05) is 38.0 Å². The van der Waals surface area contributed by atoms with Crippen LogP contribution in [0.15, 0.2) is 53.4 Å². The summed E-state index contributed by atoms with van der Waals surface area (Å²) in [5.74, 6) is -0.0188. The van der Waals surface area contributed by atoms with Crippen LogP contribution in [0.25, 0.3) is 0 Å². The van der Waals surface area contributed by atoms with Gasteiger partial charge in [-0.2, -0.15) is 4.31 Å². The highest BCUT2D eigenvalue weighted by Crippen LogP contribution is 2.27. The Kier molecular flexibility index (Phi) is 5.48. The van der Waals surface area contributed by atoms with E-state index in [0.29, 0.717) is 30.8 Å². The van der Waals surface area contributed by atoms with Gasteiger partial charge < -0.3 is 10.2 Å².